The first kappa shape index (κ1) is 22.9. The van der Waals surface area contributed by atoms with Gasteiger partial charge in [-0.25, -0.2) is 4.39 Å². The van der Waals surface area contributed by atoms with E-state index < -0.39 is 0 Å². The first-order valence-corrected chi connectivity index (χ1v) is 10.9. The molecule has 3 rings (SSSR count). The summed E-state index contributed by atoms with van der Waals surface area (Å²) in [6.45, 7) is 11.0. The predicted molar refractivity (Wildman–Crippen MR) is 120 cm³/mol. The molecule has 1 atom stereocenters. The van der Waals surface area contributed by atoms with Crippen LogP contribution in [0.5, 0.6) is 11.5 Å². The Morgan fingerprint density at radius 1 is 1.06 bits per heavy atom. The number of hydrogen-bond acceptors (Lipinski definition) is 5. The highest BCUT2D eigenvalue weighted by atomic mass is 19.1. The molecule has 0 aromatic heterocycles. The minimum atomic E-state index is -0.354. The van der Waals surface area contributed by atoms with E-state index in [0.717, 1.165) is 44.0 Å². The Labute approximate surface area is 183 Å². The second-order valence-corrected chi connectivity index (χ2v) is 7.58. The van der Waals surface area contributed by atoms with Crippen LogP contribution in [0.15, 0.2) is 42.5 Å². The number of hydrogen-bond donors (Lipinski definition) is 1. The normalized spacial score (nSPS) is 15.4. The van der Waals surface area contributed by atoms with Crippen LogP contribution < -0.4 is 19.7 Å². The molecule has 2 aromatic rings. The number of anilines is 1. The fourth-order valence-corrected chi connectivity index (χ4v) is 3.81. The maximum Gasteiger partial charge on any atom is 0.258 e. The summed E-state index contributed by atoms with van der Waals surface area (Å²) in [5.41, 5.74) is 1.74. The summed E-state index contributed by atoms with van der Waals surface area (Å²) in [5, 5.41) is 2.94. The Morgan fingerprint density at radius 2 is 1.74 bits per heavy atom. The lowest BCUT2D eigenvalue weighted by Crippen LogP contribution is -2.46. The molecule has 7 heteroatoms. The first-order chi connectivity index (χ1) is 15.0. The van der Waals surface area contributed by atoms with Crippen molar-refractivity contribution in [2.45, 2.75) is 26.8 Å². The summed E-state index contributed by atoms with van der Waals surface area (Å²) >= 11 is 0. The van der Waals surface area contributed by atoms with Crippen LogP contribution in [-0.4, -0.2) is 56.7 Å². The molecule has 1 unspecified atom stereocenters. The van der Waals surface area contributed by atoms with Crippen LogP contribution in [0.1, 0.15) is 32.4 Å². The molecule has 1 fully saturated rings. The Kier molecular flexibility index (Phi) is 8.12. The van der Waals surface area contributed by atoms with Gasteiger partial charge in [0.15, 0.2) is 18.1 Å². The zero-order chi connectivity index (χ0) is 22.2. The molecule has 0 spiro atoms. The quantitative estimate of drug-likeness (QED) is 0.660. The summed E-state index contributed by atoms with van der Waals surface area (Å²) < 4.78 is 25.2. The average molecular weight is 430 g/mol. The van der Waals surface area contributed by atoms with Crippen molar-refractivity contribution >= 4 is 11.6 Å². The van der Waals surface area contributed by atoms with E-state index in [1.54, 1.807) is 12.1 Å². The smallest absolute Gasteiger partial charge is 0.258 e. The van der Waals surface area contributed by atoms with Crippen LogP contribution >= 0.6 is 0 Å². The lowest BCUT2D eigenvalue weighted by Gasteiger charge is -2.37. The van der Waals surface area contributed by atoms with E-state index in [4.69, 9.17) is 9.47 Å². The number of para-hydroxylation sites is 2. The summed E-state index contributed by atoms with van der Waals surface area (Å²) in [5.74, 6) is 0.538. The van der Waals surface area contributed by atoms with Crippen LogP contribution in [0.3, 0.4) is 0 Å². The van der Waals surface area contributed by atoms with Crippen molar-refractivity contribution in [3.8, 4) is 11.5 Å². The highest BCUT2D eigenvalue weighted by Gasteiger charge is 2.22. The zero-order valence-electron chi connectivity index (χ0n) is 18.6. The minimum Gasteiger partial charge on any atom is -0.490 e. The lowest BCUT2D eigenvalue weighted by atomic mass is 10.0. The van der Waals surface area contributed by atoms with Crippen molar-refractivity contribution in [2.24, 2.45) is 0 Å². The van der Waals surface area contributed by atoms with Crippen LogP contribution in [0, 0.1) is 5.82 Å². The highest BCUT2D eigenvalue weighted by molar-refractivity contribution is 5.78. The number of nitrogens with one attached hydrogen (secondary N) is 1. The fourth-order valence-electron chi connectivity index (χ4n) is 3.81. The summed E-state index contributed by atoms with van der Waals surface area (Å²) in [6, 6.07) is 11.7. The molecule has 1 aliphatic heterocycles. The minimum absolute atomic E-state index is 0.145. The molecule has 1 N–H and O–H groups in total. The fraction of sp³-hybridized carbons (Fsp3) is 0.458. The van der Waals surface area contributed by atoms with E-state index in [1.807, 2.05) is 32.0 Å². The molecule has 31 heavy (non-hydrogen) atoms. The van der Waals surface area contributed by atoms with Gasteiger partial charge >= 0.3 is 0 Å². The van der Waals surface area contributed by atoms with Gasteiger partial charge in [0.05, 0.1) is 12.6 Å². The van der Waals surface area contributed by atoms with E-state index in [9.17, 15) is 9.18 Å². The maximum atomic E-state index is 14.0. The third-order valence-electron chi connectivity index (χ3n) is 5.50. The topological polar surface area (TPSA) is 54.0 Å². The van der Waals surface area contributed by atoms with E-state index in [0.29, 0.717) is 18.1 Å². The van der Waals surface area contributed by atoms with Crippen molar-refractivity contribution in [3.05, 3.63) is 53.8 Å². The molecule has 0 radical (unpaired) electrons. The second-order valence-electron chi connectivity index (χ2n) is 7.58. The van der Waals surface area contributed by atoms with E-state index in [1.165, 1.54) is 12.1 Å². The number of rotatable bonds is 9. The van der Waals surface area contributed by atoms with Crippen molar-refractivity contribution in [3.63, 3.8) is 0 Å². The number of nitrogens with zero attached hydrogens (tertiary/aromatic N) is 2. The van der Waals surface area contributed by atoms with Crippen molar-refractivity contribution in [2.75, 3.05) is 50.8 Å². The molecule has 1 heterocycles. The Balaban J connectivity index is 1.64. The Bertz CT molecular complexity index is 869. The number of ether oxygens (including phenoxy) is 2. The maximum absolute atomic E-state index is 14.0. The van der Waals surface area contributed by atoms with Crippen molar-refractivity contribution in [1.82, 2.24) is 10.2 Å². The summed E-state index contributed by atoms with van der Waals surface area (Å²) in [7, 11) is 0. The molecule has 0 saturated carbocycles. The molecule has 1 aliphatic rings. The van der Waals surface area contributed by atoms with E-state index >= 15 is 0 Å². The number of carbonyl (C=O) groups is 1. The highest BCUT2D eigenvalue weighted by Crippen LogP contribution is 2.29. The Morgan fingerprint density at radius 3 is 2.39 bits per heavy atom. The van der Waals surface area contributed by atoms with Gasteiger partial charge in [-0.3, -0.25) is 4.79 Å². The van der Waals surface area contributed by atoms with E-state index in [2.05, 4.69) is 22.0 Å². The van der Waals surface area contributed by atoms with Gasteiger partial charge < -0.3 is 24.6 Å². The largest absolute Gasteiger partial charge is 0.490 e. The predicted octanol–water partition coefficient (Wildman–Crippen LogP) is 3.62. The van der Waals surface area contributed by atoms with Crippen LogP contribution in [0.25, 0.3) is 0 Å². The van der Waals surface area contributed by atoms with Crippen LogP contribution in [-0.2, 0) is 4.79 Å². The molecule has 0 bridgehead atoms. The molecular formula is C24H32FN3O3. The van der Waals surface area contributed by atoms with Gasteiger partial charge in [-0.05, 0) is 50.7 Å². The molecule has 1 amide bonds. The number of likely N-dealkylation sites (N-methyl/N-ethyl adjacent to an activating group) is 1. The molecule has 1 saturated heterocycles. The molecule has 6 nitrogen and oxygen atoms in total. The number of halogens is 1. The van der Waals surface area contributed by atoms with Crippen LogP contribution in [0.2, 0.25) is 0 Å². The Hall–Kier alpha value is -2.80. The number of carbonyl (C=O) groups excluding carboxylic acids is 1. The molecule has 0 aliphatic carbocycles. The van der Waals surface area contributed by atoms with Gasteiger partial charge in [0.2, 0.25) is 0 Å². The second kappa shape index (κ2) is 11.0. The standard InChI is InChI=1S/C24H32FN3O3/c1-4-27-12-14-28(15-13-27)21-11-10-19(25)16-20(21)18(3)26-24(29)17-31-23-9-7-6-8-22(23)30-5-2/h6-11,16,18H,4-5,12-15,17H2,1-3H3,(H,26,29). The van der Waals surface area contributed by atoms with Gasteiger partial charge in [0.25, 0.3) is 5.91 Å². The summed E-state index contributed by atoms with van der Waals surface area (Å²) in [6.07, 6.45) is 0. The number of benzene rings is 2. The SMILES string of the molecule is CCOc1ccccc1OCC(=O)NC(C)c1cc(F)ccc1N1CCN(CC)CC1. The van der Waals surface area contributed by atoms with Gasteiger partial charge in [-0.15, -0.1) is 0 Å². The first-order valence-electron chi connectivity index (χ1n) is 10.9. The van der Waals surface area contributed by atoms with Gasteiger partial charge in [0, 0.05) is 37.4 Å². The number of piperazine rings is 1. The van der Waals surface area contributed by atoms with Gasteiger partial charge in [-0.1, -0.05) is 19.1 Å². The molecular weight excluding hydrogens is 397 g/mol. The van der Waals surface area contributed by atoms with Crippen molar-refractivity contribution in [1.29, 1.82) is 0 Å². The van der Waals surface area contributed by atoms with Gasteiger partial charge in [-0.2, -0.15) is 0 Å². The molecule has 2 aromatic carbocycles. The third kappa shape index (κ3) is 6.10. The number of amides is 1. The van der Waals surface area contributed by atoms with Crippen molar-refractivity contribution < 1.29 is 18.7 Å². The van der Waals surface area contributed by atoms with Gasteiger partial charge in [0.1, 0.15) is 5.82 Å². The van der Waals surface area contributed by atoms with E-state index in [-0.39, 0.29) is 24.4 Å². The third-order valence-corrected chi connectivity index (χ3v) is 5.50. The zero-order valence-corrected chi connectivity index (χ0v) is 18.6. The molecule has 168 valence electrons. The average Bonchev–Trinajstić information content (AvgIpc) is 2.78. The lowest BCUT2D eigenvalue weighted by molar-refractivity contribution is -0.123. The monoisotopic (exact) mass is 429 g/mol. The summed E-state index contributed by atoms with van der Waals surface area (Å²) in [4.78, 5) is 17.2. The van der Waals surface area contributed by atoms with Crippen LogP contribution in [0.4, 0.5) is 10.1 Å².